The molecule has 180 valence electrons. The third kappa shape index (κ3) is 9.19. The lowest BCUT2D eigenvalue weighted by molar-refractivity contribution is 0.0358. The summed E-state index contributed by atoms with van der Waals surface area (Å²) < 4.78 is 16.5. The van der Waals surface area contributed by atoms with Crippen LogP contribution in [0.3, 0.4) is 0 Å². The second-order valence-electron chi connectivity index (χ2n) is 8.75. The van der Waals surface area contributed by atoms with Gasteiger partial charge in [-0.15, -0.1) is 0 Å². The van der Waals surface area contributed by atoms with Gasteiger partial charge in [-0.1, -0.05) is 0 Å². The number of rotatable bonds is 11. The zero-order valence-corrected chi connectivity index (χ0v) is 19.4. The van der Waals surface area contributed by atoms with E-state index in [0.29, 0.717) is 42.3 Å². The van der Waals surface area contributed by atoms with E-state index in [1.54, 1.807) is 6.07 Å². The number of benzene rings is 1. The first-order valence-electron chi connectivity index (χ1n) is 11.0. The second kappa shape index (κ2) is 12.4. The lowest BCUT2D eigenvalue weighted by atomic mass is 10.1. The summed E-state index contributed by atoms with van der Waals surface area (Å²) in [5, 5.41) is 5.96. The molecule has 0 bridgehead atoms. The van der Waals surface area contributed by atoms with Crippen LogP contribution in [0, 0.1) is 0 Å². The number of amides is 2. The highest BCUT2D eigenvalue weighted by molar-refractivity contribution is 5.96. The van der Waals surface area contributed by atoms with Crippen LogP contribution in [0.15, 0.2) is 12.1 Å². The number of carbonyl (C=O) groups excluding carboxylic acids is 2. The van der Waals surface area contributed by atoms with Crippen molar-refractivity contribution >= 4 is 23.4 Å². The minimum Gasteiger partial charge on any atom is -0.491 e. The number of primary amides is 1. The largest absolute Gasteiger partial charge is 0.491 e. The average molecular weight is 452 g/mol. The van der Waals surface area contributed by atoms with Crippen LogP contribution in [0.1, 0.15) is 44.0 Å². The van der Waals surface area contributed by atoms with Crippen LogP contribution in [0.2, 0.25) is 0 Å². The number of nitrogens with one attached hydrogen (secondary N) is 2. The highest BCUT2D eigenvalue weighted by Crippen LogP contribution is 2.32. The molecule has 1 aromatic carbocycles. The molecule has 1 aliphatic rings. The molecule has 0 atom stereocenters. The first-order valence-corrected chi connectivity index (χ1v) is 11.0. The SMILES string of the molecule is CC(C)(C)NC(=O)OCCCNc1c(N)cc(C(N)=O)cc1OCCCN1CCOCC1. The average Bonchev–Trinajstić information content (AvgIpc) is 2.71. The van der Waals surface area contributed by atoms with Gasteiger partial charge in [0.05, 0.1) is 32.1 Å². The van der Waals surface area contributed by atoms with Gasteiger partial charge < -0.3 is 36.3 Å². The molecule has 1 heterocycles. The molecule has 2 amide bonds. The highest BCUT2D eigenvalue weighted by atomic mass is 16.5. The fourth-order valence-electron chi connectivity index (χ4n) is 3.17. The van der Waals surface area contributed by atoms with Crippen molar-refractivity contribution in [3.05, 3.63) is 17.7 Å². The molecule has 10 heteroatoms. The number of hydrogen-bond acceptors (Lipinski definition) is 8. The lowest BCUT2D eigenvalue weighted by Crippen LogP contribution is -2.41. The fraction of sp³-hybridized carbons (Fsp3) is 0.636. The fourth-order valence-corrected chi connectivity index (χ4v) is 3.17. The number of alkyl carbamates (subject to hydrolysis) is 1. The van der Waals surface area contributed by atoms with E-state index in [1.165, 1.54) is 6.07 Å². The smallest absolute Gasteiger partial charge is 0.407 e. The van der Waals surface area contributed by atoms with Gasteiger partial charge in [0, 0.05) is 37.3 Å². The summed E-state index contributed by atoms with van der Waals surface area (Å²) in [6.07, 6.45) is 0.953. The van der Waals surface area contributed by atoms with Gasteiger partial charge in [-0.2, -0.15) is 0 Å². The van der Waals surface area contributed by atoms with Crippen molar-refractivity contribution in [2.75, 3.05) is 63.7 Å². The maximum atomic E-state index is 11.7. The van der Waals surface area contributed by atoms with E-state index >= 15 is 0 Å². The number of ether oxygens (including phenoxy) is 3. The van der Waals surface area contributed by atoms with Crippen LogP contribution in [0.4, 0.5) is 16.2 Å². The molecule has 1 fully saturated rings. The van der Waals surface area contributed by atoms with Crippen molar-refractivity contribution in [1.29, 1.82) is 0 Å². The topological polar surface area (TPSA) is 141 Å². The summed E-state index contributed by atoms with van der Waals surface area (Å²) in [5.41, 5.74) is 12.5. The van der Waals surface area contributed by atoms with Gasteiger partial charge in [-0.05, 0) is 45.7 Å². The molecule has 0 saturated carbocycles. The monoisotopic (exact) mass is 451 g/mol. The number of anilines is 2. The molecule has 32 heavy (non-hydrogen) atoms. The van der Waals surface area contributed by atoms with E-state index < -0.39 is 12.0 Å². The van der Waals surface area contributed by atoms with Crippen molar-refractivity contribution in [1.82, 2.24) is 10.2 Å². The van der Waals surface area contributed by atoms with Gasteiger partial charge >= 0.3 is 6.09 Å². The van der Waals surface area contributed by atoms with Crippen LogP contribution in [0.25, 0.3) is 0 Å². The van der Waals surface area contributed by atoms with Crippen LogP contribution in [-0.2, 0) is 9.47 Å². The summed E-state index contributed by atoms with van der Waals surface area (Å²) in [7, 11) is 0. The van der Waals surface area contributed by atoms with Gasteiger partial charge in [0.15, 0.2) is 0 Å². The summed E-state index contributed by atoms with van der Waals surface area (Å²) in [5.74, 6) is -0.0909. The Morgan fingerprint density at radius 3 is 2.53 bits per heavy atom. The first-order chi connectivity index (χ1) is 15.2. The van der Waals surface area contributed by atoms with E-state index in [9.17, 15) is 9.59 Å². The molecule has 1 aromatic rings. The Kier molecular flexibility index (Phi) is 9.86. The Morgan fingerprint density at radius 1 is 1.16 bits per heavy atom. The van der Waals surface area contributed by atoms with E-state index in [-0.39, 0.29) is 12.1 Å². The number of morpholine rings is 1. The van der Waals surface area contributed by atoms with E-state index in [2.05, 4.69) is 15.5 Å². The molecular formula is C22H37N5O5. The maximum absolute atomic E-state index is 11.7. The van der Waals surface area contributed by atoms with Crippen LogP contribution < -0.4 is 26.8 Å². The summed E-state index contributed by atoms with van der Waals surface area (Å²) in [6, 6.07) is 3.13. The molecule has 0 aromatic heterocycles. The molecular weight excluding hydrogens is 414 g/mol. The second-order valence-corrected chi connectivity index (χ2v) is 8.75. The van der Waals surface area contributed by atoms with E-state index in [4.69, 9.17) is 25.7 Å². The van der Waals surface area contributed by atoms with Crippen molar-refractivity contribution < 1.29 is 23.8 Å². The van der Waals surface area contributed by atoms with Crippen LogP contribution >= 0.6 is 0 Å². The zero-order chi connectivity index (χ0) is 23.6. The van der Waals surface area contributed by atoms with Crippen molar-refractivity contribution in [3.63, 3.8) is 0 Å². The molecule has 10 nitrogen and oxygen atoms in total. The van der Waals surface area contributed by atoms with Crippen molar-refractivity contribution in [3.8, 4) is 5.75 Å². The molecule has 0 unspecified atom stereocenters. The molecule has 0 aliphatic carbocycles. The first kappa shape index (κ1) is 25.5. The third-order valence-corrected chi connectivity index (χ3v) is 4.73. The van der Waals surface area contributed by atoms with Gasteiger partial charge in [-0.3, -0.25) is 9.69 Å². The molecule has 1 aliphatic heterocycles. The number of carbonyl (C=O) groups is 2. The van der Waals surface area contributed by atoms with Gasteiger partial charge in [-0.25, -0.2) is 4.79 Å². The summed E-state index contributed by atoms with van der Waals surface area (Å²) >= 11 is 0. The predicted octanol–water partition coefficient (Wildman–Crippen LogP) is 1.80. The zero-order valence-electron chi connectivity index (χ0n) is 19.4. The molecule has 6 N–H and O–H groups in total. The molecule has 0 spiro atoms. The number of nitrogens with zero attached hydrogens (tertiary/aromatic N) is 1. The predicted molar refractivity (Wildman–Crippen MR) is 124 cm³/mol. The summed E-state index contributed by atoms with van der Waals surface area (Å²) in [4.78, 5) is 25.7. The normalized spacial score (nSPS) is 14.6. The highest BCUT2D eigenvalue weighted by Gasteiger charge is 2.16. The van der Waals surface area contributed by atoms with Gasteiger partial charge in [0.2, 0.25) is 5.91 Å². The lowest BCUT2D eigenvalue weighted by Gasteiger charge is -2.26. The maximum Gasteiger partial charge on any atom is 0.407 e. The van der Waals surface area contributed by atoms with Gasteiger partial charge in [0.25, 0.3) is 0 Å². The quantitative estimate of drug-likeness (QED) is 0.295. The van der Waals surface area contributed by atoms with Crippen LogP contribution in [-0.4, -0.2) is 75.0 Å². The number of hydrogen-bond donors (Lipinski definition) is 4. The Hall–Kier alpha value is -2.72. The van der Waals surface area contributed by atoms with E-state index in [1.807, 2.05) is 20.8 Å². The Balaban J connectivity index is 1.86. The minimum atomic E-state index is -0.570. The Morgan fingerprint density at radius 2 is 1.88 bits per heavy atom. The Bertz CT molecular complexity index is 760. The minimum absolute atomic E-state index is 0.254. The Labute approximate surface area is 189 Å². The van der Waals surface area contributed by atoms with Crippen LogP contribution in [0.5, 0.6) is 5.75 Å². The van der Waals surface area contributed by atoms with Gasteiger partial charge in [0.1, 0.15) is 11.4 Å². The molecule has 2 rings (SSSR count). The number of nitrogen functional groups attached to an aromatic ring is 1. The molecule has 1 saturated heterocycles. The number of nitrogens with two attached hydrogens (primary N) is 2. The standard InChI is InChI=1S/C22H37N5O5/c1-22(2,3)26-21(29)32-10-4-6-25-19-17(23)14-16(20(24)28)15-18(19)31-11-5-7-27-8-12-30-13-9-27/h14-15,25H,4-13,23H2,1-3H3,(H2,24,28)(H,26,29). The summed E-state index contributed by atoms with van der Waals surface area (Å²) in [6.45, 7) is 11.2. The third-order valence-electron chi connectivity index (χ3n) is 4.73. The van der Waals surface area contributed by atoms with E-state index in [0.717, 1.165) is 39.3 Å². The van der Waals surface area contributed by atoms with Crippen molar-refractivity contribution in [2.24, 2.45) is 5.73 Å². The molecule has 0 radical (unpaired) electrons. The van der Waals surface area contributed by atoms with Crippen molar-refractivity contribution in [2.45, 2.75) is 39.2 Å².